The van der Waals surface area contributed by atoms with Crippen LogP contribution in [0.1, 0.15) is 77.7 Å². The van der Waals surface area contributed by atoms with Crippen LogP contribution in [0, 0.1) is 18.8 Å². The minimum absolute atomic E-state index is 0.272. The lowest BCUT2D eigenvalue weighted by Gasteiger charge is -2.31. The van der Waals surface area contributed by atoms with Crippen molar-refractivity contribution in [3.8, 4) is 5.75 Å². The van der Waals surface area contributed by atoms with Crippen molar-refractivity contribution in [3.05, 3.63) is 102 Å². The van der Waals surface area contributed by atoms with E-state index in [-0.39, 0.29) is 5.97 Å². The third-order valence-electron chi connectivity index (χ3n) is 7.78. The molecule has 0 aliphatic heterocycles. The van der Waals surface area contributed by atoms with Crippen LogP contribution in [0.4, 0.5) is 0 Å². The molecule has 2 rings (SSSR count). The normalized spacial score (nSPS) is 17.8. The monoisotopic (exact) mass is 559 g/mol. The molecule has 1 saturated carbocycles. The molecular weight excluding hydrogens is 506 g/mol. The van der Waals surface area contributed by atoms with Gasteiger partial charge in [-0.05, 0) is 102 Å². The number of carbonyl (C=O) groups excluding carboxylic acids is 1. The van der Waals surface area contributed by atoms with Crippen LogP contribution in [0.3, 0.4) is 0 Å². The smallest absolute Gasteiger partial charge is 0.333 e. The van der Waals surface area contributed by atoms with Crippen LogP contribution in [0.25, 0.3) is 0 Å². The zero-order chi connectivity index (χ0) is 30.0. The summed E-state index contributed by atoms with van der Waals surface area (Å²) in [5, 5.41) is 0. The molecule has 1 fully saturated rings. The predicted octanol–water partition coefficient (Wildman–Crippen LogP) is 9.31. The number of aryl methyl sites for hydroxylation is 1. The summed E-state index contributed by atoms with van der Waals surface area (Å²) in [5.41, 5.74) is 5.13. The first-order valence-corrected chi connectivity index (χ1v) is 15.4. The van der Waals surface area contributed by atoms with Gasteiger partial charge in [-0.2, -0.15) is 0 Å². The molecule has 41 heavy (non-hydrogen) atoms. The van der Waals surface area contributed by atoms with Gasteiger partial charge in [0.25, 0.3) is 0 Å². The average Bonchev–Trinajstić information content (AvgIpc) is 2.98. The fourth-order valence-corrected chi connectivity index (χ4v) is 5.21. The fourth-order valence-electron chi connectivity index (χ4n) is 5.21. The Bertz CT molecular complexity index is 1090. The lowest BCUT2D eigenvalue weighted by molar-refractivity contribution is -0.138. The summed E-state index contributed by atoms with van der Waals surface area (Å²) in [7, 11) is 0. The number of ether oxygens (including phenoxy) is 2. The Morgan fingerprint density at radius 1 is 1.10 bits per heavy atom. The van der Waals surface area contributed by atoms with Crippen LogP contribution in [-0.2, 0) is 9.53 Å². The maximum Gasteiger partial charge on any atom is 0.333 e. The highest BCUT2D eigenvalue weighted by Crippen LogP contribution is 2.35. The molecule has 0 N–H and O–H groups in total. The minimum Gasteiger partial charge on any atom is -0.493 e. The summed E-state index contributed by atoms with van der Waals surface area (Å²) in [6.07, 6.45) is 19.0. The lowest BCUT2D eigenvalue weighted by Crippen LogP contribution is -2.26. The molecule has 0 bridgehead atoms. The first-order valence-electron chi connectivity index (χ1n) is 15.4. The number of carbonyl (C=O) groups is 1. The van der Waals surface area contributed by atoms with Crippen molar-refractivity contribution in [3.63, 3.8) is 0 Å². The molecule has 0 unspecified atom stereocenters. The molecule has 0 heterocycles. The topological polar surface area (TPSA) is 38.8 Å². The standard InChI is InChI=1S/C37H53NO3/c1-8-25-38(35(23-18-29(4)9-2)28-32(7)37(39)40-10-3)26-24-30(5)34-21-19-33(20-22-34)16-13-14-27-41-36-17-12-11-15-31(36)6/h9,11-13,15-17,23,28,33-34H,2,4-5,8,10,14,18-22,24-27H2,1,3,6-7H3/b16-13+,32-28+,35-23+. The predicted molar refractivity (Wildman–Crippen MR) is 174 cm³/mol. The molecule has 1 aromatic rings. The second-order valence-electron chi connectivity index (χ2n) is 11.1. The Kier molecular flexibility index (Phi) is 15.7. The van der Waals surface area contributed by atoms with Gasteiger partial charge in [-0.15, -0.1) is 0 Å². The number of hydrogen-bond acceptors (Lipinski definition) is 4. The first-order chi connectivity index (χ1) is 19.8. The largest absolute Gasteiger partial charge is 0.493 e. The van der Waals surface area contributed by atoms with E-state index in [1.165, 1.54) is 36.8 Å². The average molecular weight is 560 g/mol. The van der Waals surface area contributed by atoms with E-state index in [4.69, 9.17) is 9.47 Å². The fraction of sp³-hybridized carbons (Fsp3) is 0.486. The van der Waals surface area contributed by atoms with Crippen molar-refractivity contribution in [1.82, 2.24) is 4.90 Å². The van der Waals surface area contributed by atoms with Gasteiger partial charge in [0.1, 0.15) is 5.75 Å². The van der Waals surface area contributed by atoms with E-state index in [1.807, 2.05) is 38.1 Å². The Morgan fingerprint density at radius 2 is 1.83 bits per heavy atom. The zero-order valence-corrected chi connectivity index (χ0v) is 26.1. The van der Waals surface area contributed by atoms with Crippen molar-refractivity contribution in [1.29, 1.82) is 0 Å². The van der Waals surface area contributed by atoms with Gasteiger partial charge in [-0.3, -0.25) is 0 Å². The molecule has 224 valence electrons. The van der Waals surface area contributed by atoms with Crippen LogP contribution in [0.2, 0.25) is 0 Å². The van der Waals surface area contributed by atoms with Gasteiger partial charge in [0.05, 0.1) is 13.2 Å². The first kappa shape index (κ1) is 33.9. The number of rotatable bonds is 18. The van der Waals surface area contributed by atoms with Crippen LogP contribution in [-0.4, -0.2) is 37.2 Å². The molecule has 0 amide bonds. The van der Waals surface area contributed by atoms with E-state index in [2.05, 4.69) is 62.8 Å². The van der Waals surface area contributed by atoms with E-state index in [1.54, 1.807) is 6.08 Å². The SMILES string of the molecule is C=CC(=C)C/C=C(\C=C(/C)C(=O)OCC)N(CCC)CCC(=C)C1CCC(/C=C/CCOc2ccccc2C)CC1. The molecule has 1 aliphatic rings. The molecule has 1 aromatic carbocycles. The third-order valence-corrected chi connectivity index (χ3v) is 7.78. The number of hydrogen-bond donors (Lipinski definition) is 0. The molecule has 0 spiro atoms. The van der Waals surface area contributed by atoms with Gasteiger partial charge in [0.2, 0.25) is 0 Å². The molecule has 0 aromatic heterocycles. The zero-order valence-electron chi connectivity index (χ0n) is 26.1. The van der Waals surface area contributed by atoms with Gasteiger partial charge >= 0.3 is 5.97 Å². The van der Waals surface area contributed by atoms with Crippen molar-refractivity contribution in [2.75, 3.05) is 26.3 Å². The van der Waals surface area contributed by atoms with Gasteiger partial charge in [0.15, 0.2) is 0 Å². The van der Waals surface area contributed by atoms with E-state index in [0.29, 0.717) is 37.0 Å². The highest BCUT2D eigenvalue weighted by molar-refractivity contribution is 5.88. The van der Waals surface area contributed by atoms with Gasteiger partial charge in [-0.1, -0.05) is 80.3 Å². The van der Waals surface area contributed by atoms with E-state index in [9.17, 15) is 4.79 Å². The second kappa shape index (κ2) is 19.0. The number of para-hydroxylation sites is 1. The molecule has 4 nitrogen and oxygen atoms in total. The molecular formula is C37H53NO3. The number of esters is 1. The van der Waals surface area contributed by atoms with Gasteiger partial charge in [-0.25, -0.2) is 4.79 Å². The van der Waals surface area contributed by atoms with Crippen molar-refractivity contribution >= 4 is 5.97 Å². The van der Waals surface area contributed by atoms with Crippen LogP contribution in [0.5, 0.6) is 5.75 Å². The summed E-state index contributed by atoms with van der Waals surface area (Å²) in [6, 6.07) is 8.18. The highest BCUT2D eigenvalue weighted by Gasteiger charge is 2.22. The Balaban J connectivity index is 1.89. The number of nitrogens with zero attached hydrogens (tertiary/aromatic N) is 1. The molecule has 0 atom stereocenters. The quantitative estimate of drug-likeness (QED) is 0.0590. The Hall–Kier alpha value is -3.27. The maximum absolute atomic E-state index is 12.3. The van der Waals surface area contributed by atoms with Crippen LogP contribution < -0.4 is 4.74 Å². The molecule has 0 saturated heterocycles. The summed E-state index contributed by atoms with van der Waals surface area (Å²) in [5.74, 6) is 1.94. The highest BCUT2D eigenvalue weighted by atomic mass is 16.5. The van der Waals surface area contributed by atoms with E-state index >= 15 is 0 Å². The van der Waals surface area contributed by atoms with Crippen molar-refractivity contribution in [2.24, 2.45) is 11.8 Å². The summed E-state index contributed by atoms with van der Waals surface area (Å²) >= 11 is 0. The third kappa shape index (κ3) is 12.4. The van der Waals surface area contributed by atoms with Gasteiger partial charge < -0.3 is 14.4 Å². The summed E-state index contributed by atoms with van der Waals surface area (Å²) < 4.78 is 11.1. The van der Waals surface area contributed by atoms with Crippen molar-refractivity contribution < 1.29 is 14.3 Å². The lowest BCUT2D eigenvalue weighted by atomic mass is 9.78. The molecule has 4 heteroatoms. The maximum atomic E-state index is 12.3. The number of allylic oxidation sites excluding steroid dienone is 5. The minimum atomic E-state index is -0.272. The Morgan fingerprint density at radius 3 is 2.49 bits per heavy atom. The van der Waals surface area contributed by atoms with Gasteiger partial charge in [0, 0.05) is 24.4 Å². The summed E-state index contributed by atoms with van der Waals surface area (Å²) in [4.78, 5) is 14.7. The molecule has 1 aliphatic carbocycles. The van der Waals surface area contributed by atoms with E-state index in [0.717, 1.165) is 49.4 Å². The van der Waals surface area contributed by atoms with Crippen LogP contribution >= 0.6 is 0 Å². The van der Waals surface area contributed by atoms with E-state index < -0.39 is 0 Å². The number of benzene rings is 1. The summed E-state index contributed by atoms with van der Waals surface area (Å²) in [6.45, 7) is 23.2. The van der Waals surface area contributed by atoms with Crippen LogP contribution in [0.15, 0.2) is 96.8 Å². The second-order valence-corrected chi connectivity index (χ2v) is 11.1. The Labute approximate surface area is 250 Å². The molecule has 0 radical (unpaired) electrons. The van der Waals surface area contributed by atoms with Crippen molar-refractivity contribution in [2.45, 2.75) is 79.1 Å².